The van der Waals surface area contributed by atoms with Crippen molar-refractivity contribution < 1.29 is 15.0 Å². The first kappa shape index (κ1) is 19.8. The molecule has 156 valence electrons. The predicted octanol–water partition coefficient (Wildman–Crippen LogP) is 4.57. The molecule has 2 saturated carbocycles. The van der Waals surface area contributed by atoms with Crippen LogP contribution < -0.4 is 4.73 Å². The Morgan fingerprint density at radius 2 is 1.93 bits per heavy atom. The van der Waals surface area contributed by atoms with Gasteiger partial charge in [0, 0.05) is 23.3 Å². The first-order valence-corrected chi connectivity index (χ1v) is 11.4. The first-order chi connectivity index (χ1) is 14.4. The van der Waals surface area contributed by atoms with E-state index >= 15 is 0 Å². The van der Waals surface area contributed by atoms with E-state index in [9.17, 15) is 15.6 Å². The van der Waals surface area contributed by atoms with E-state index in [2.05, 4.69) is 19.1 Å². The van der Waals surface area contributed by atoms with Crippen LogP contribution in [-0.2, 0) is 12.8 Å². The molecule has 5 rings (SSSR count). The fraction of sp³-hybridized carbons (Fsp3) is 0.520. The molecule has 0 radical (unpaired) electrons. The van der Waals surface area contributed by atoms with Gasteiger partial charge in [0.2, 0.25) is 12.4 Å². The number of benzene rings is 1. The number of aliphatic hydroxyl groups is 1. The third kappa shape index (κ3) is 2.79. The molecule has 3 aliphatic carbocycles. The molecule has 30 heavy (non-hydrogen) atoms. The quantitative estimate of drug-likeness (QED) is 0.549. The van der Waals surface area contributed by atoms with Crippen LogP contribution in [0.25, 0.3) is 0 Å². The number of hydrogen-bond donors (Lipinski definition) is 2. The summed E-state index contributed by atoms with van der Waals surface area (Å²) in [5.41, 5.74) is 3.37. The van der Waals surface area contributed by atoms with Gasteiger partial charge < -0.3 is 5.11 Å². The molecule has 5 atom stereocenters. The molecule has 2 fully saturated rings. The molecular weight excluding hydrogens is 396 g/mol. The summed E-state index contributed by atoms with van der Waals surface area (Å²) in [6.45, 7) is 2.30. The molecule has 0 saturated heterocycles. The highest BCUT2D eigenvalue weighted by molar-refractivity contribution is 6.31. The van der Waals surface area contributed by atoms with Gasteiger partial charge in [-0.15, -0.1) is 0 Å². The maximum Gasteiger partial charge on any atom is 0.222 e. The molecule has 1 aromatic heterocycles. The van der Waals surface area contributed by atoms with Crippen molar-refractivity contribution in [1.29, 1.82) is 5.26 Å². The van der Waals surface area contributed by atoms with Crippen molar-refractivity contribution in [3.8, 4) is 6.07 Å². The Hall–Kier alpha value is -2.09. The highest BCUT2D eigenvalue weighted by Crippen LogP contribution is 2.65. The summed E-state index contributed by atoms with van der Waals surface area (Å²) in [7, 11) is 0. The summed E-state index contributed by atoms with van der Waals surface area (Å²) in [5.74, 6) is 1.50. The van der Waals surface area contributed by atoms with Crippen molar-refractivity contribution in [2.45, 2.75) is 63.4 Å². The van der Waals surface area contributed by atoms with E-state index in [0.717, 1.165) is 54.4 Å². The minimum Gasteiger partial charge on any atom is -0.389 e. The molecule has 2 aromatic rings. The Balaban J connectivity index is 1.46. The zero-order chi connectivity index (χ0) is 21.1. The van der Waals surface area contributed by atoms with E-state index in [0.29, 0.717) is 34.8 Å². The molecule has 5 heteroatoms. The summed E-state index contributed by atoms with van der Waals surface area (Å²) < 4.78 is 1.04. The van der Waals surface area contributed by atoms with E-state index in [1.807, 2.05) is 18.2 Å². The zero-order valence-electron chi connectivity index (χ0n) is 17.3. The van der Waals surface area contributed by atoms with Crippen molar-refractivity contribution in [2.75, 3.05) is 0 Å². The number of nitriles is 1. The molecule has 1 aromatic carbocycles. The van der Waals surface area contributed by atoms with E-state index in [4.69, 9.17) is 11.6 Å². The van der Waals surface area contributed by atoms with Crippen LogP contribution in [0.4, 0.5) is 0 Å². The lowest BCUT2D eigenvalue weighted by atomic mass is 9.52. The van der Waals surface area contributed by atoms with Crippen molar-refractivity contribution >= 4 is 11.6 Å². The van der Waals surface area contributed by atoms with Crippen LogP contribution in [0.15, 0.2) is 36.7 Å². The second kappa shape index (κ2) is 6.97. The van der Waals surface area contributed by atoms with E-state index in [1.54, 1.807) is 12.4 Å². The molecule has 0 amide bonds. The van der Waals surface area contributed by atoms with Crippen molar-refractivity contribution in [2.24, 2.45) is 17.3 Å². The number of rotatable bonds is 2. The number of aromatic nitrogens is 1. The van der Waals surface area contributed by atoms with E-state index in [-0.39, 0.29) is 5.41 Å². The molecule has 3 unspecified atom stereocenters. The van der Waals surface area contributed by atoms with Gasteiger partial charge >= 0.3 is 0 Å². The average molecular weight is 424 g/mol. The number of fused-ring (bicyclic) bond motifs is 5. The zero-order valence-corrected chi connectivity index (χ0v) is 18.1. The monoisotopic (exact) mass is 423 g/mol. The third-order valence-electron chi connectivity index (χ3n) is 8.68. The first-order valence-electron chi connectivity index (χ1n) is 11.0. The Morgan fingerprint density at radius 1 is 1.17 bits per heavy atom. The summed E-state index contributed by atoms with van der Waals surface area (Å²) in [6.07, 6.45) is 9.76. The minimum absolute atomic E-state index is 0.110. The molecule has 0 bridgehead atoms. The van der Waals surface area contributed by atoms with Crippen LogP contribution in [0, 0.1) is 28.6 Å². The Kier molecular flexibility index (Phi) is 4.61. The number of halogens is 1. The van der Waals surface area contributed by atoms with Gasteiger partial charge in [0.25, 0.3) is 0 Å². The number of nitrogens with zero attached hydrogens (tertiary/aromatic N) is 2. The second-order valence-corrected chi connectivity index (χ2v) is 10.2. The molecule has 0 aliphatic heterocycles. The summed E-state index contributed by atoms with van der Waals surface area (Å²) in [5, 5.41) is 31.5. The maximum absolute atomic E-state index is 11.8. The van der Waals surface area contributed by atoms with E-state index < -0.39 is 5.60 Å². The van der Waals surface area contributed by atoms with Gasteiger partial charge in [-0.05, 0) is 84.5 Å². The lowest BCUT2D eigenvalue weighted by Crippen LogP contribution is -2.52. The average Bonchev–Trinajstić information content (AvgIpc) is 3.00. The SMILES string of the molecule is C[C@]12CCC3c4ccc(Cl)c(C#N)c4CCC3C1CC[C@@]2(O)Cc1cc[n+](O)cc1. The number of hydrogen-bond acceptors (Lipinski definition) is 3. The van der Waals surface area contributed by atoms with Gasteiger partial charge in [0.15, 0.2) is 0 Å². The van der Waals surface area contributed by atoms with Gasteiger partial charge in [-0.1, -0.05) is 24.6 Å². The fourth-order valence-corrected chi connectivity index (χ4v) is 7.29. The van der Waals surface area contributed by atoms with Crippen LogP contribution in [0.2, 0.25) is 5.02 Å². The highest BCUT2D eigenvalue weighted by Gasteiger charge is 2.61. The Labute approximate surface area is 182 Å². The normalized spacial score (nSPS) is 34.5. The smallest absolute Gasteiger partial charge is 0.222 e. The molecule has 0 spiro atoms. The Bertz CT molecular complexity index is 1030. The van der Waals surface area contributed by atoms with Gasteiger partial charge in [0.1, 0.15) is 6.07 Å². The van der Waals surface area contributed by atoms with Crippen LogP contribution in [0.3, 0.4) is 0 Å². The van der Waals surface area contributed by atoms with Crippen molar-refractivity contribution in [3.05, 3.63) is 63.9 Å². The Morgan fingerprint density at radius 3 is 2.67 bits per heavy atom. The van der Waals surface area contributed by atoms with Gasteiger partial charge in [0.05, 0.1) is 16.2 Å². The van der Waals surface area contributed by atoms with E-state index in [1.165, 1.54) is 5.56 Å². The van der Waals surface area contributed by atoms with Gasteiger partial charge in [-0.25, -0.2) is 0 Å². The summed E-state index contributed by atoms with van der Waals surface area (Å²) in [4.78, 5) is 0. The largest absolute Gasteiger partial charge is 0.389 e. The lowest BCUT2D eigenvalue weighted by molar-refractivity contribution is -0.904. The summed E-state index contributed by atoms with van der Waals surface area (Å²) >= 11 is 6.30. The van der Waals surface area contributed by atoms with Gasteiger partial charge in [-0.3, -0.25) is 5.21 Å². The lowest BCUT2D eigenvalue weighted by Gasteiger charge is -2.53. The van der Waals surface area contributed by atoms with Crippen LogP contribution in [0.1, 0.15) is 67.2 Å². The predicted molar refractivity (Wildman–Crippen MR) is 113 cm³/mol. The molecule has 4 nitrogen and oxygen atoms in total. The van der Waals surface area contributed by atoms with Crippen LogP contribution in [-0.4, -0.2) is 15.9 Å². The fourth-order valence-electron chi connectivity index (χ4n) is 7.07. The highest BCUT2D eigenvalue weighted by atomic mass is 35.5. The van der Waals surface area contributed by atoms with Crippen LogP contribution in [0.5, 0.6) is 0 Å². The second-order valence-electron chi connectivity index (χ2n) is 9.81. The molecule has 1 heterocycles. The van der Waals surface area contributed by atoms with Crippen molar-refractivity contribution in [1.82, 2.24) is 0 Å². The topological polar surface area (TPSA) is 68.1 Å². The molecule has 3 aliphatic rings. The van der Waals surface area contributed by atoms with Crippen molar-refractivity contribution in [3.63, 3.8) is 0 Å². The molecule has 2 N–H and O–H groups in total. The maximum atomic E-state index is 11.8. The molecular formula is C25H28ClN2O2+. The summed E-state index contributed by atoms with van der Waals surface area (Å²) in [6, 6.07) is 10.1. The van der Waals surface area contributed by atoms with Crippen LogP contribution >= 0.6 is 11.6 Å². The third-order valence-corrected chi connectivity index (χ3v) is 8.99. The standard InChI is InChI=1S/C25H28ClN2O2/c1-24-10-6-19-17-4-5-23(26)21(15-27)18(17)2-3-20(19)22(24)7-11-25(24,29)14-16-8-12-28(30)13-9-16/h4-5,8-9,12-13,19-20,22,29-30H,2-3,6-7,10-11,14H2,1H3/q+1/t19?,20?,22?,24-,25+/m0/s1. The minimum atomic E-state index is -0.720. The number of pyridine rings is 1. The van der Waals surface area contributed by atoms with Gasteiger partial charge in [-0.2, -0.15) is 5.26 Å².